The Balaban J connectivity index is 1.33. The maximum atomic E-state index is 13.5. The Kier molecular flexibility index (Phi) is 6.06. The highest BCUT2D eigenvalue weighted by molar-refractivity contribution is 5.84. The number of carbonyl (C=O) groups is 3. The molecule has 1 N–H and O–H groups in total. The molecule has 190 valence electrons. The highest BCUT2D eigenvalue weighted by Gasteiger charge is 2.63. The number of ketones is 2. The van der Waals surface area contributed by atoms with E-state index in [0.717, 1.165) is 38.5 Å². The van der Waals surface area contributed by atoms with Crippen molar-refractivity contribution in [2.24, 2.45) is 58.2 Å². The number of aliphatic hydroxyl groups is 1. The average molecular weight is 473 g/mol. The normalized spacial score (nSPS) is 51.3. The highest BCUT2D eigenvalue weighted by atomic mass is 16.6. The minimum Gasteiger partial charge on any atom is -0.462 e. The first-order valence-electron chi connectivity index (χ1n) is 13.9. The summed E-state index contributed by atoms with van der Waals surface area (Å²) >= 11 is 0. The van der Waals surface area contributed by atoms with Gasteiger partial charge in [-0.25, -0.2) is 0 Å². The molecule has 34 heavy (non-hydrogen) atoms. The van der Waals surface area contributed by atoms with Crippen molar-refractivity contribution in [3.05, 3.63) is 0 Å². The van der Waals surface area contributed by atoms with Crippen molar-refractivity contribution in [1.29, 1.82) is 0 Å². The first-order valence-corrected chi connectivity index (χ1v) is 13.9. The Morgan fingerprint density at radius 2 is 1.74 bits per heavy atom. The number of carbonyl (C=O) groups excluding carboxylic acids is 3. The summed E-state index contributed by atoms with van der Waals surface area (Å²) in [6.45, 7) is 10.7. The van der Waals surface area contributed by atoms with E-state index in [4.69, 9.17) is 4.74 Å². The number of Topliss-reactive ketones (excluding diaryl/α,β-unsaturated/α-hetero) is 2. The van der Waals surface area contributed by atoms with Crippen LogP contribution >= 0.6 is 0 Å². The molecule has 1 saturated heterocycles. The number of hydrogen-bond donors (Lipinski definition) is 1. The SMILES string of the molecule is C[C@H](C(=O)C[C@H]1[C@@H](C)OC(=O)[C@@H]1C)[C@H]1CC[C@H]2[C@@H]3CC(=O)[C@H]4C[C@@H](O)CC[C@]4(C)[C@H]3CC[C@]12C. The summed E-state index contributed by atoms with van der Waals surface area (Å²) < 4.78 is 5.39. The van der Waals surface area contributed by atoms with Crippen LogP contribution in [-0.2, 0) is 19.1 Å². The molecule has 0 aromatic carbocycles. The summed E-state index contributed by atoms with van der Waals surface area (Å²) in [7, 11) is 0. The monoisotopic (exact) mass is 472 g/mol. The Hall–Kier alpha value is -1.23. The van der Waals surface area contributed by atoms with E-state index in [-0.39, 0.29) is 58.5 Å². The maximum absolute atomic E-state index is 13.5. The summed E-state index contributed by atoms with van der Waals surface area (Å²) in [6.07, 6.45) is 7.50. The van der Waals surface area contributed by atoms with Gasteiger partial charge in [-0.15, -0.1) is 0 Å². The lowest BCUT2D eigenvalue weighted by molar-refractivity contribution is -0.160. The van der Waals surface area contributed by atoms with Gasteiger partial charge in [-0.05, 0) is 86.4 Å². The molecule has 5 rings (SSSR count). The first-order chi connectivity index (χ1) is 16.0. The largest absolute Gasteiger partial charge is 0.462 e. The quantitative estimate of drug-likeness (QED) is 0.584. The summed E-state index contributed by atoms with van der Waals surface area (Å²) in [6, 6.07) is 0. The Morgan fingerprint density at radius 1 is 1.06 bits per heavy atom. The second-order valence-electron chi connectivity index (χ2n) is 13.3. The molecule has 1 heterocycles. The van der Waals surface area contributed by atoms with Gasteiger partial charge in [0.2, 0.25) is 0 Å². The average Bonchev–Trinajstić information content (AvgIpc) is 3.25. The van der Waals surface area contributed by atoms with E-state index in [1.54, 1.807) is 0 Å². The predicted molar refractivity (Wildman–Crippen MR) is 129 cm³/mol. The molecule has 5 fully saturated rings. The lowest BCUT2D eigenvalue weighted by atomic mass is 9.44. The molecule has 5 heteroatoms. The lowest BCUT2D eigenvalue weighted by Gasteiger charge is -2.60. The molecule has 5 nitrogen and oxygen atoms in total. The van der Waals surface area contributed by atoms with Crippen LogP contribution in [0.5, 0.6) is 0 Å². The third kappa shape index (κ3) is 3.54. The summed E-state index contributed by atoms with van der Waals surface area (Å²) in [5.41, 5.74) is 0.133. The molecule has 0 aromatic rings. The third-order valence-corrected chi connectivity index (χ3v) is 12.0. The molecule has 5 aliphatic rings. The van der Waals surface area contributed by atoms with Crippen molar-refractivity contribution in [3.63, 3.8) is 0 Å². The molecule has 0 radical (unpaired) electrons. The topological polar surface area (TPSA) is 80.7 Å². The summed E-state index contributed by atoms with van der Waals surface area (Å²) in [5, 5.41) is 10.3. The van der Waals surface area contributed by atoms with Crippen LogP contribution in [0.3, 0.4) is 0 Å². The van der Waals surface area contributed by atoms with Crippen molar-refractivity contribution in [3.8, 4) is 0 Å². The van der Waals surface area contributed by atoms with E-state index in [9.17, 15) is 19.5 Å². The molecular weight excluding hydrogens is 428 g/mol. The molecule has 4 saturated carbocycles. The fraction of sp³-hybridized carbons (Fsp3) is 0.897. The smallest absolute Gasteiger partial charge is 0.309 e. The van der Waals surface area contributed by atoms with Crippen LogP contribution in [0.15, 0.2) is 0 Å². The van der Waals surface area contributed by atoms with Gasteiger partial charge in [-0.2, -0.15) is 0 Å². The van der Waals surface area contributed by atoms with Crippen molar-refractivity contribution in [1.82, 2.24) is 0 Å². The molecule has 0 spiro atoms. The number of ether oxygens (including phenoxy) is 1. The Bertz CT molecular complexity index is 867. The van der Waals surface area contributed by atoms with Gasteiger partial charge in [0.25, 0.3) is 0 Å². The van der Waals surface area contributed by atoms with Crippen molar-refractivity contribution in [2.75, 3.05) is 0 Å². The molecule has 12 atom stereocenters. The van der Waals surface area contributed by atoms with E-state index < -0.39 is 0 Å². The molecular formula is C29H44O5. The zero-order chi connectivity index (χ0) is 24.6. The van der Waals surface area contributed by atoms with Crippen LogP contribution in [0, 0.1) is 58.2 Å². The summed E-state index contributed by atoms with van der Waals surface area (Å²) in [4.78, 5) is 38.8. The van der Waals surface area contributed by atoms with Gasteiger partial charge in [-0.1, -0.05) is 27.7 Å². The van der Waals surface area contributed by atoms with Crippen molar-refractivity contribution >= 4 is 17.5 Å². The predicted octanol–water partition coefficient (Wildman–Crippen LogP) is 4.98. The van der Waals surface area contributed by atoms with Crippen LogP contribution in [0.1, 0.15) is 92.4 Å². The van der Waals surface area contributed by atoms with Crippen LogP contribution in [0.25, 0.3) is 0 Å². The van der Waals surface area contributed by atoms with E-state index in [1.165, 1.54) is 0 Å². The van der Waals surface area contributed by atoms with E-state index in [1.807, 2.05) is 13.8 Å². The fourth-order valence-electron chi connectivity index (χ4n) is 9.83. The molecule has 4 aliphatic carbocycles. The van der Waals surface area contributed by atoms with Gasteiger partial charge in [0.1, 0.15) is 17.7 Å². The maximum Gasteiger partial charge on any atom is 0.309 e. The van der Waals surface area contributed by atoms with Crippen LogP contribution in [0.4, 0.5) is 0 Å². The molecule has 0 bridgehead atoms. The van der Waals surface area contributed by atoms with Gasteiger partial charge in [-0.3, -0.25) is 14.4 Å². The summed E-state index contributed by atoms with van der Waals surface area (Å²) in [5.74, 6) is 2.13. The van der Waals surface area contributed by atoms with E-state index >= 15 is 0 Å². The van der Waals surface area contributed by atoms with Crippen molar-refractivity contribution < 1.29 is 24.2 Å². The molecule has 0 aromatic heterocycles. The first kappa shape index (κ1) is 24.5. The second kappa shape index (κ2) is 8.42. The van der Waals surface area contributed by atoms with Gasteiger partial charge in [0, 0.05) is 30.6 Å². The van der Waals surface area contributed by atoms with Crippen LogP contribution in [-0.4, -0.2) is 34.9 Å². The van der Waals surface area contributed by atoms with Crippen LogP contribution < -0.4 is 0 Å². The third-order valence-electron chi connectivity index (χ3n) is 12.0. The number of aliphatic hydroxyl groups excluding tert-OH is 1. The minimum absolute atomic E-state index is 0.0160. The number of cyclic esters (lactones) is 1. The zero-order valence-corrected chi connectivity index (χ0v) is 21.7. The lowest BCUT2D eigenvalue weighted by Crippen LogP contribution is -2.57. The molecule has 0 amide bonds. The van der Waals surface area contributed by atoms with Gasteiger partial charge in [0.15, 0.2) is 0 Å². The highest BCUT2D eigenvalue weighted by Crippen LogP contribution is 2.67. The van der Waals surface area contributed by atoms with E-state index in [0.29, 0.717) is 48.7 Å². The Labute approximate surface area is 204 Å². The van der Waals surface area contributed by atoms with Gasteiger partial charge >= 0.3 is 5.97 Å². The van der Waals surface area contributed by atoms with Gasteiger partial charge < -0.3 is 9.84 Å². The van der Waals surface area contributed by atoms with E-state index in [2.05, 4.69) is 20.8 Å². The van der Waals surface area contributed by atoms with Gasteiger partial charge in [0.05, 0.1) is 12.0 Å². The standard InChI is InChI=1S/C29H44O5/c1-15-19(17(3)34-27(15)33)13-25(31)16(2)21-6-7-22-20-14-26(32)24-12-18(30)8-10-29(24,5)23(20)9-11-28(21,22)4/h15-24,30H,6-14H2,1-5H3/t15-,16+,17-,18+,19-,20+,21-,22+,23+,24-,28-,29-/m1/s1. The minimum atomic E-state index is -0.318. The number of fused-ring (bicyclic) bond motifs is 5. The number of hydrogen-bond acceptors (Lipinski definition) is 5. The molecule has 0 unspecified atom stereocenters. The number of esters is 1. The van der Waals surface area contributed by atoms with Crippen LogP contribution in [0.2, 0.25) is 0 Å². The second-order valence-corrected chi connectivity index (χ2v) is 13.3. The fourth-order valence-corrected chi connectivity index (χ4v) is 9.83. The van der Waals surface area contributed by atoms with Crippen molar-refractivity contribution in [2.45, 2.75) is 105 Å². The number of rotatable bonds is 4. The zero-order valence-electron chi connectivity index (χ0n) is 21.7. The molecule has 1 aliphatic heterocycles. The Morgan fingerprint density at radius 3 is 2.41 bits per heavy atom.